The van der Waals surface area contributed by atoms with E-state index in [0.717, 1.165) is 29.8 Å². The fourth-order valence-corrected chi connectivity index (χ4v) is 2.51. The molecular formula is C14H17N3O2S. The number of benzene rings is 1. The van der Waals surface area contributed by atoms with Gasteiger partial charge in [-0.25, -0.2) is 0 Å². The highest BCUT2D eigenvalue weighted by Crippen LogP contribution is 2.22. The van der Waals surface area contributed by atoms with Crippen LogP contribution in [-0.2, 0) is 6.42 Å². The lowest BCUT2D eigenvalue weighted by molar-refractivity contribution is 0.102. The van der Waals surface area contributed by atoms with Gasteiger partial charge < -0.3 is 5.11 Å². The maximum Gasteiger partial charge on any atom is 0.261 e. The number of carbonyl (C=O) groups is 1. The van der Waals surface area contributed by atoms with Crippen molar-refractivity contribution in [2.75, 3.05) is 5.32 Å². The summed E-state index contributed by atoms with van der Waals surface area (Å²) < 4.78 is 0. The molecule has 106 valence electrons. The largest absolute Gasteiger partial charge is 0.507 e. The lowest BCUT2D eigenvalue weighted by Gasteiger charge is -2.04. The van der Waals surface area contributed by atoms with Crippen LogP contribution in [0.1, 0.15) is 40.7 Å². The van der Waals surface area contributed by atoms with Gasteiger partial charge in [-0.1, -0.05) is 30.7 Å². The molecule has 0 aliphatic heterocycles. The Morgan fingerprint density at radius 2 is 2.20 bits per heavy atom. The van der Waals surface area contributed by atoms with Gasteiger partial charge in [0, 0.05) is 6.42 Å². The molecule has 0 spiro atoms. The standard InChI is InChI=1S/C14H17N3O2S/c1-3-4-5-12-16-17-14(20-12)15-13(19)10-7-6-9(2)8-11(10)18/h6-8,18H,3-5H2,1-2H3,(H,15,17,19). The molecule has 0 saturated carbocycles. The number of nitrogens with zero attached hydrogens (tertiary/aromatic N) is 2. The van der Waals surface area contributed by atoms with Crippen molar-refractivity contribution in [3.05, 3.63) is 34.3 Å². The summed E-state index contributed by atoms with van der Waals surface area (Å²) in [6.45, 7) is 3.97. The van der Waals surface area contributed by atoms with E-state index in [0.29, 0.717) is 5.13 Å². The second-order valence-corrected chi connectivity index (χ2v) is 5.64. The van der Waals surface area contributed by atoms with Gasteiger partial charge in [0.1, 0.15) is 10.8 Å². The van der Waals surface area contributed by atoms with Gasteiger partial charge in [0.15, 0.2) is 0 Å². The third-order valence-electron chi connectivity index (χ3n) is 2.83. The van der Waals surface area contributed by atoms with Crippen LogP contribution in [0.4, 0.5) is 5.13 Å². The molecule has 6 heteroatoms. The first-order chi connectivity index (χ1) is 9.60. The third kappa shape index (κ3) is 3.54. The Kier molecular flexibility index (Phi) is 4.68. The number of anilines is 1. The van der Waals surface area contributed by atoms with Crippen LogP contribution in [-0.4, -0.2) is 21.2 Å². The molecule has 1 amide bonds. The molecule has 0 saturated heterocycles. The maximum absolute atomic E-state index is 12.0. The number of carbonyl (C=O) groups excluding carboxylic acids is 1. The number of aryl methyl sites for hydroxylation is 2. The van der Waals surface area contributed by atoms with Crippen LogP contribution in [0.2, 0.25) is 0 Å². The predicted octanol–water partition coefficient (Wildman–Crippen LogP) is 3.15. The molecule has 0 atom stereocenters. The molecule has 20 heavy (non-hydrogen) atoms. The maximum atomic E-state index is 12.0. The molecule has 1 aromatic heterocycles. The monoisotopic (exact) mass is 291 g/mol. The van der Waals surface area contributed by atoms with Crippen LogP contribution in [0.15, 0.2) is 18.2 Å². The molecule has 2 N–H and O–H groups in total. The Morgan fingerprint density at radius 3 is 2.90 bits per heavy atom. The van der Waals surface area contributed by atoms with E-state index in [1.54, 1.807) is 18.2 Å². The van der Waals surface area contributed by atoms with E-state index in [1.807, 2.05) is 6.92 Å². The molecule has 1 heterocycles. The number of amides is 1. The molecule has 2 aromatic rings. The molecule has 0 bridgehead atoms. The highest BCUT2D eigenvalue weighted by molar-refractivity contribution is 7.15. The first kappa shape index (κ1) is 14.5. The number of rotatable bonds is 5. The highest BCUT2D eigenvalue weighted by Gasteiger charge is 2.13. The van der Waals surface area contributed by atoms with E-state index >= 15 is 0 Å². The van der Waals surface area contributed by atoms with Crippen LogP contribution >= 0.6 is 11.3 Å². The molecule has 5 nitrogen and oxygen atoms in total. The van der Waals surface area contributed by atoms with Gasteiger partial charge in [-0.15, -0.1) is 10.2 Å². The molecular weight excluding hydrogens is 274 g/mol. The minimum Gasteiger partial charge on any atom is -0.507 e. The lowest BCUT2D eigenvalue weighted by Crippen LogP contribution is -2.11. The summed E-state index contributed by atoms with van der Waals surface area (Å²) in [6.07, 6.45) is 3.03. The molecule has 0 aliphatic rings. The number of aromatic nitrogens is 2. The molecule has 0 aliphatic carbocycles. The number of hydrogen-bond donors (Lipinski definition) is 2. The SMILES string of the molecule is CCCCc1nnc(NC(=O)c2ccc(C)cc2O)s1. The molecule has 2 rings (SSSR count). The zero-order valence-corrected chi connectivity index (χ0v) is 12.3. The van der Waals surface area contributed by atoms with Crippen molar-refractivity contribution in [2.24, 2.45) is 0 Å². The van der Waals surface area contributed by atoms with Gasteiger partial charge in [0.2, 0.25) is 5.13 Å². The van der Waals surface area contributed by atoms with E-state index in [9.17, 15) is 9.90 Å². The van der Waals surface area contributed by atoms with Crippen molar-refractivity contribution < 1.29 is 9.90 Å². The number of phenolic OH excluding ortho intramolecular Hbond substituents is 1. The second kappa shape index (κ2) is 6.47. The van der Waals surface area contributed by atoms with Gasteiger partial charge in [-0.2, -0.15) is 0 Å². The Labute approximate surface area is 121 Å². The Morgan fingerprint density at radius 1 is 1.40 bits per heavy atom. The molecule has 1 aromatic carbocycles. The minimum absolute atomic E-state index is 0.0294. The highest BCUT2D eigenvalue weighted by atomic mass is 32.1. The molecule has 0 radical (unpaired) electrons. The normalized spacial score (nSPS) is 10.5. The van der Waals surface area contributed by atoms with E-state index < -0.39 is 0 Å². The lowest BCUT2D eigenvalue weighted by atomic mass is 10.1. The Hall–Kier alpha value is -1.95. The first-order valence-electron chi connectivity index (χ1n) is 6.53. The van der Waals surface area contributed by atoms with E-state index in [4.69, 9.17) is 0 Å². The van der Waals surface area contributed by atoms with Crippen LogP contribution in [0.25, 0.3) is 0 Å². The Balaban J connectivity index is 2.05. The van der Waals surface area contributed by atoms with E-state index in [2.05, 4.69) is 22.4 Å². The van der Waals surface area contributed by atoms with Gasteiger partial charge in [0.25, 0.3) is 5.91 Å². The van der Waals surface area contributed by atoms with E-state index in [-0.39, 0.29) is 17.2 Å². The average molecular weight is 291 g/mol. The zero-order chi connectivity index (χ0) is 14.5. The first-order valence-corrected chi connectivity index (χ1v) is 7.35. The summed E-state index contributed by atoms with van der Waals surface area (Å²) in [5, 5.41) is 21.8. The second-order valence-electron chi connectivity index (χ2n) is 4.58. The van der Waals surface area contributed by atoms with Crippen molar-refractivity contribution in [3.63, 3.8) is 0 Å². The number of aromatic hydroxyl groups is 1. The molecule has 0 unspecified atom stereocenters. The van der Waals surface area contributed by atoms with Crippen molar-refractivity contribution >= 4 is 22.4 Å². The van der Waals surface area contributed by atoms with Crippen LogP contribution in [0, 0.1) is 6.92 Å². The minimum atomic E-state index is -0.374. The molecule has 0 fully saturated rings. The van der Waals surface area contributed by atoms with E-state index in [1.165, 1.54) is 11.3 Å². The van der Waals surface area contributed by atoms with Crippen molar-refractivity contribution in [3.8, 4) is 5.75 Å². The summed E-state index contributed by atoms with van der Waals surface area (Å²) in [5.74, 6) is -0.404. The van der Waals surface area contributed by atoms with Gasteiger partial charge in [-0.05, 0) is 31.0 Å². The topological polar surface area (TPSA) is 75.1 Å². The van der Waals surface area contributed by atoms with Gasteiger partial charge in [-0.3, -0.25) is 10.1 Å². The van der Waals surface area contributed by atoms with Crippen LogP contribution in [0.3, 0.4) is 0 Å². The number of nitrogens with one attached hydrogen (secondary N) is 1. The Bertz CT molecular complexity index is 610. The fourth-order valence-electron chi connectivity index (χ4n) is 1.73. The number of hydrogen-bond acceptors (Lipinski definition) is 5. The average Bonchev–Trinajstić information content (AvgIpc) is 2.83. The van der Waals surface area contributed by atoms with Gasteiger partial charge in [0.05, 0.1) is 5.56 Å². The fraction of sp³-hybridized carbons (Fsp3) is 0.357. The quantitative estimate of drug-likeness (QED) is 0.887. The smallest absolute Gasteiger partial charge is 0.261 e. The van der Waals surface area contributed by atoms with Crippen LogP contribution < -0.4 is 5.32 Å². The predicted molar refractivity (Wildman–Crippen MR) is 79.3 cm³/mol. The summed E-state index contributed by atoms with van der Waals surface area (Å²) in [4.78, 5) is 12.0. The van der Waals surface area contributed by atoms with Crippen molar-refractivity contribution in [1.82, 2.24) is 10.2 Å². The number of phenols is 1. The number of unbranched alkanes of at least 4 members (excludes halogenated alkanes) is 1. The van der Waals surface area contributed by atoms with Crippen molar-refractivity contribution in [2.45, 2.75) is 33.1 Å². The van der Waals surface area contributed by atoms with Crippen LogP contribution in [0.5, 0.6) is 5.75 Å². The zero-order valence-electron chi connectivity index (χ0n) is 11.5. The summed E-state index contributed by atoms with van der Waals surface area (Å²) in [6, 6.07) is 4.93. The summed E-state index contributed by atoms with van der Waals surface area (Å²) >= 11 is 1.37. The summed E-state index contributed by atoms with van der Waals surface area (Å²) in [7, 11) is 0. The summed E-state index contributed by atoms with van der Waals surface area (Å²) in [5.41, 5.74) is 1.14. The van der Waals surface area contributed by atoms with Crippen molar-refractivity contribution in [1.29, 1.82) is 0 Å². The third-order valence-corrected chi connectivity index (χ3v) is 3.73. The van der Waals surface area contributed by atoms with Gasteiger partial charge >= 0.3 is 0 Å².